The highest BCUT2D eigenvalue weighted by Crippen LogP contribution is 2.18. The topological polar surface area (TPSA) is 15.3 Å². The first kappa shape index (κ1) is 13.3. The van der Waals surface area contributed by atoms with E-state index in [1.807, 2.05) is 6.07 Å². The number of rotatable bonds is 1. The maximum Gasteiger partial charge on any atom is 0.173 e. The van der Waals surface area contributed by atoms with E-state index in [0.29, 0.717) is 0 Å². The molecule has 0 spiro atoms. The minimum atomic E-state index is 0.830. The van der Waals surface area contributed by atoms with E-state index < -0.39 is 0 Å². The average molecular weight is 262 g/mol. The summed E-state index contributed by atoms with van der Waals surface area (Å²) in [5.41, 5.74) is 2.36. The predicted molar refractivity (Wildman–Crippen MR) is 82.0 cm³/mol. The Bertz CT molecular complexity index is 417. The molecule has 0 saturated carbocycles. The summed E-state index contributed by atoms with van der Waals surface area (Å²) < 4.78 is 0. The molecule has 0 amide bonds. The Hall–Kier alpha value is -1.09. The molecule has 2 nitrogen and oxygen atoms in total. The van der Waals surface area contributed by atoms with Crippen molar-refractivity contribution in [3.63, 3.8) is 0 Å². The lowest BCUT2D eigenvalue weighted by Gasteiger charge is -2.24. The second-order valence-electron chi connectivity index (χ2n) is 5.27. The largest absolute Gasteiger partial charge is 0.349 e. The maximum atomic E-state index is 5.53. The summed E-state index contributed by atoms with van der Waals surface area (Å²) in [6.45, 7) is 6.61. The van der Waals surface area contributed by atoms with Crippen molar-refractivity contribution in [3.05, 3.63) is 29.8 Å². The van der Waals surface area contributed by atoms with Gasteiger partial charge in [-0.3, -0.25) is 0 Å². The highest BCUT2D eigenvalue weighted by atomic mass is 32.1. The first-order valence-corrected chi connectivity index (χ1v) is 7.19. The summed E-state index contributed by atoms with van der Waals surface area (Å²) >= 11 is 5.53. The van der Waals surface area contributed by atoms with E-state index in [4.69, 9.17) is 12.2 Å². The van der Waals surface area contributed by atoms with Gasteiger partial charge >= 0.3 is 0 Å². The third-order valence-corrected chi connectivity index (χ3v) is 4.05. The molecule has 0 aromatic heterocycles. The second kappa shape index (κ2) is 6.19. The van der Waals surface area contributed by atoms with Crippen LogP contribution >= 0.6 is 12.2 Å². The summed E-state index contributed by atoms with van der Waals surface area (Å²) in [5, 5.41) is 4.25. The Balaban J connectivity index is 1.97. The number of hydrogen-bond donors (Lipinski definition) is 1. The van der Waals surface area contributed by atoms with Crippen LogP contribution in [0, 0.1) is 12.8 Å². The second-order valence-corrected chi connectivity index (χ2v) is 5.65. The first-order chi connectivity index (χ1) is 8.66. The normalized spacial score (nSPS) is 20.3. The lowest BCUT2D eigenvalue weighted by atomic mass is 10.0. The van der Waals surface area contributed by atoms with Crippen LogP contribution in [0.2, 0.25) is 0 Å². The minimum Gasteiger partial charge on any atom is -0.349 e. The van der Waals surface area contributed by atoms with Gasteiger partial charge in [0.2, 0.25) is 0 Å². The molecule has 1 N–H and O–H groups in total. The third-order valence-electron chi connectivity index (χ3n) is 3.69. The number of nitrogens with one attached hydrogen (secondary N) is 1. The molecule has 0 aliphatic carbocycles. The SMILES string of the molecule is Cc1ccccc1NC(=S)N1CCCC(C)CC1. The lowest BCUT2D eigenvalue weighted by Crippen LogP contribution is -2.35. The molecule has 2 rings (SSSR count). The van der Waals surface area contributed by atoms with Crippen LogP contribution in [-0.2, 0) is 0 Å². The molecule has 1 aromatic rings. The van der Waals surface area contributed by atoms with Crippen LogP contribution in [-0.4, -0.2) is 23.1 Å². The van der Waals surface area contributed by atoms with Crippen LogP contribution in [0.15, 0.2) is 24.3 Å². The van der Waals surface area contributed by atoms with Gasteiger partial charge in [-0.05, 0) is 56.0 Å². The zero-order valence-corrected chi connectivity index (χ0v) is 12.1. The molecule has 0 bridgehead atoms. The van der Waals surface area contributed by atoms with Gasteiger partial charge in [-0.1, -0.05) is 25.1 Å². The van der Waals surface area contributed by atoms with Gasteiger partial charge in [0.25, 0.3) is 0 Å². The van der Waals surface area contributed by atoms with Crippen LogP contribution in [0.4, 0.5) is 5.69 Å². The maximum absolute atomic E-state index is 5.53. The molecule has 1 heterocycles. The number of benzene rings is 1. The fraction of sp³-hybridized carbons (Fsp3) is 0.533. The van der Waals surface area contributed by atoms with Crippen molar-refractivity contribution >= 4 is 23.0 Å². The summed E-state index contributed by atoms with van der Waals surface area (Å²) in [5.74, 6) is 0.830. The number of nitrogens with zero attached hydrogens (tertiary/aromatic N) is 1. The summed E-state index contributed by atoms with van der Waals surface area (Å²) in [7, 11) is 0. The van der Waals surface area contributed by atoms with Crippen LogP contribution < -0.4 is 5.32 Å². The number of anilines is 1. The van der Waals surface area contributed by atoms with Gasteiger partial charge < -0.3 is 10.2 Å². The minimum absolute atomic E-state index is 0.830. The van der Waals surface area contributed by atoms with Gasteiger partial charge in [-0.2, -0.15) is 0 Å². The van der Waals surface area contributed by atoms with Crippen molar-refractivity contribution in [1.82, 2.24) is 4.90 Å². The Morgan fingerprint density at radius 2 is 2.06 bits per heavy atom. The fourth-order valence-corrected chi connectivity index (χ4v) is 2.67. The predicted octanol–water partition coefficient (Wildman–Crippen LogP) is 3.81. The van der Waals surface area contributed by atoms with Crippen molar-refractivity contribution in [3.8, 4) is 0 Å². The monoisotopic (exact) mass is 262 g/mol. The smallest absolute Gasteiger partial charge is 0.173 e. The van der Waals surface area contributed by atoms with E-state index in [9.17, 15) is 0 Å². The number of aryl methyl sites for hydroxylation is 1. The van der Waals surface area contributed by atoms with E-state index in [-0.39, 0.29) is 0 Å². The molecular formula is C15H22N2S. The van der Waals surface area contributed by atoms with Crippen LogP contribution in [0.3, 0.4) is 0 Å². The molecule has 18 heavy (non-hydrogen) atoms. The molecule has 1 atom stereocenters. The number of hydrogen-bond acceptors (Lipinski definition) is 1. The summed E-state index contributed by atoms with van der Waals surface area (Å²) in [4.78, 5) is 2.31. The van der Waals surface area contributed by atoms with Crippen LogP contribution in [0.25, 0.3) is 0 Å². The van der Waals surface area contributed by atoms with Gasteiger partial charge in [0.15, 0.2) is 5.11 Å². The fourth-order valence-electron chi connectivity index (χ4n) is 2.37. The van der Waals surface area contributed by atoms with Crippen LogP contribution in [0.5, 0.6) is 0 Å². The van der Waals surface area contributed by atoms with Crippen LogP contribution in [0.1, 0.15) is 31.7 Å². The standard InChI is InChI=1S/C15H22N2S/c1-12-6-5-10-17(11-9-12)15(18)16-14-8-4-3-7-13(14)2/h3-4,7-8,12H,5-6,9-11H2,1-2H3,(H,16,18). The Kier molecular flexibility index (Phi) is 4.59. The summed E-state index contributed by atoms with van der Waals surface area (Å²) in [6.07, 6.45) is 3.82. The Morgan fingerprint density at radius 3 is 2.83 bits per heavy atom. The average Bonchev–Trinajstić information content (AvgIpc) is 2.57. The quantitative estimate of drug-likeness (QED) is 0.775. The van der Waals surface area contributed by atoms with Gasteiger partial charge in [-0.15, -0.1) is 0 Å². The van der Waals surface area contributed by atoms with Crippen molar-refractivity contribution < 1.29 is 0 Å². The molecule has 3 heteroatoms. The van der Waals surface area contributed by atoms with Crippen molar-refractivity contribution in [2.75, 3.05) is 18.4 Å². The van der Waals surface area contributed by atoms with Crippen molar-refractivity contribution in [2.45, 2.75) is 33.1 Å². The van der Waals surface area contributed by atoms with Crippen molar-refractivity contribution in [2.24, 2.45) is 5.92 Å². The first-order valence-electron chi connectivity index (χ1n) is 6.78. The van der Waals surface area contributed by atoms with E-state index in [1.165, 1.54) is 24.8 Å². The molecule has 1 aromatic carbocycles. The molecule has 98 valence electrons. The molecule has 1 saturated heterocycles. The van der Waals surface area contributed by atoms with Crippen molar-refractivity contribution in [1.29, 1.82) is 0 Å². The van der Waals surface area contributed by atoms with Gasteiger partial charge in [0.1, 0.15) is 0 Å². The van der Waals surface area contributed by atoms with Gasteiger partial charge in [-0.25, -0.2) is 0 Å². The molecule has 0 radical (unpaired) electrons. The van der Waals surface area contributed by atoms with E-state index in [2.05, 4.69) is 42.3 Å². The number of thiocarbonyl (C=S) groups is 1. The number of likely N-dealkylation sites (tertiary alicyclic amines) is 1. The third kappa shape index (κ3) is 3.45. The van der Waals surface area contributed by atoms with E-state index >= 15 is 0 Å². The zero-order chi connectivity index (χ0) is 13.0. The summed E-state index contributed by atoms with van der Waals surface area (Å²) in [6, 6.07) is 8.29. The molecular weight excluding hydrogens is 240 g/mol. The Labute approximate surface area is 115 Å². The highest BCUT2D eigenvalue weighted by Gasteiger charge is 2.16. The molecule has 1 fully saturated rings. The Morgan fingerprint density at radius 1 is 1.28 bits per heavy atom. The highest BCUT2D eigenvalue weighted by molar-refractivity contribution is 7.80. The van der Waals surface area contributed by atoms with Gasteiger partial charge in [0.05, 0.1) is 0 Å². The molecule has 1 aliphatic heterocycles. The van der Waals surface area contributed by atoms with Gasteiger partial charge in [0, 0.05) is 18.8 Å². The number of para-hydroxylation sites is 1. The lowest BCUT2D eigenvalue weighted by molar-refractivity contribution is 0.431. The zero-order valence-electron chi connectivity index (χ0n) is 11.3. The van der Waals surface area contributed by atoms with E-state index in [0.717, 1.165) is 29.8 Å². The van der Waals surface area contributed by atoms with E-state index in [1.54, 1.807) is 0 Å². The molecule has 1 aliphatic rings. The molecule has 1 unspecified atom stereocenters.